The summed E-state index contributed by atoms with van der Waals surface area (Å²) >= 11 is 0. The number of rotatable bonds is 8. The summed E-state index contributed by atoms with van der Waals surface area (Å²) in [5.74, 6) is -0.855. The molecule has 3 aromatic rings. The molecule has 6 rings (SSSR count). The highest BCUT2D eigenvalue weighted by Gasteiger charge is 2.72. The topological polar surface area (TPSA) is 85.3 Å². The van der Waals surface area contributed by atoms with E-state index in [-0.39, 0.29) is 34.7 Å². The molecular formula is C34H37FN2O5S. The summed E-state index contributed by atoms with van der Waals surface area (Å²) in [5, 5.41) is 0. The molecule has 2 aliphatic carbocycles. The van der Waals surface area contributed by atoms with Crippen LogP contribution in [-0.2, 0) is 21.2 Å². The van der Waals surface area contributed by atoms with Crippen molar-refractivity contribution < 1.29 is 27.1 Å². The number of ether oxygens (including phenoxy) is 2. The fraction of sp³-hybridized carbons (Fsp3) is 0.412. The van der Waals surface area contributed by atoms with E-state index >= 15 is 4.39 Å². The summed E-state index contributed by atoms with van der Waals surface area (Å²) in [4.78, 5) is 19.6. The maximum Gasteiger partial charge on any atom is 0.261 e. The van der Waals surface area contributed by atoms with E-state index in [4.69, 9.17) is 14.5 Å². The van der Waals surface area contributed by atoms with Gasteiger partial charge in [0.25, 0.3) is 5.91 Å². The molecule has 43 heavy (non-hydrogen) atoms. The van der Waals surface area contributed by atoms with E-state index in [1.165, 1.54) is 20.3 Å². The number of hydrogen-bond donors (Lipinski definition) is 0. The molecule has 226 valence electrons. The van der Waals surface area contributed by atoms with Gasteiger partial charge in [-0.05, 0) is 42.2 Å². The number of carbonyl (C=O) groups is 1. The van der Waals surface area contributed by atoms with Crippen LogP contribution in [0.5, 0.6) is 11.5 Å². The molecule has 9 heteroatoms. The number of fused-ring (bicyclic) bond motifs is 1. The normalized spacial score (nSPS) is 25.2. The summed E-state index contributed by atoms with van der Waals surface area (Å²) in [6.45, 7) is 4.29. The van der Waals surface area contributed by atoms with Gasteiger partial charge in [0.1, 0.15) is 6.04 Å². The lowest BCUT2D eigenvalue weighted by atomic mass is 9.69. The van der Waals surface area contributed by atoms with Crippen molar-refractivity contribution in [1.82, 2.24) is 4.31 Å². The predicted molar refractivity (Wildman–Crippen MR) is 163 cm³/mol. The number of hydrogen-bond acceptors (Lipinski definition) is 6. The van der Waals surface area contributed by atoms with Gasteiger partial charge in [0, 0.05) is 23.0 Å². The predicted octanol–water partition coefficient (Wildman–Crippen LogP) is 5.66. The van der Waals surface area contributed by atoms with Gasteiger partial charge >= 0.3 is 0 Å². The monoisotopic (exact) mass is 604 g/mol. The van der Waals surface area contributed by atoms with Crippen molar-refractivity contribution in [3.63, 3.8) is 0 Å². The van der Waals surface area contributed by atoms with Gasteiger partial charge in [0.2, 0.25) is 10.0 Å². The second-order valence-corrected chi connectivity index (χ2v) is 14.3. The smallest absolute Gasteiger partial charge is 0.261 e. The van der Waals surface area contributed by atoms with E-state index in [2.05, 4.69) is 13.8 Å². The molecule has 2 saturated carbocycles. The number of nitrogens with zero attached hydrogens (tertiary/aromatic N) is 2. The van der Waals surface area contributed by atoms with Crippen LogP contribution in [0.25, 0.3) is 0 Å². The third-order valence-corrected chi connectivity index (χ3v) is 12.2. The highest BCUT2D eigenvalue weighted by Crippen LogP contribution is 2.70. The Morgan fingerprint density at radius 2 is 1.63 bits per heavy atom. The van der Waals surface area contributed by atoms with Crippen LogP contribution in [0.1, 0.15) is 49.8 Å². The average molecular weight is 605 g/mol. The van der Waals surface area contributed by atoms with Crippen LogP contribution in [0.3, 0.4) is 0 Å². The van der Waals surface area contributed by atoms with Gasteiger partial charge in [-0.3, -0.25) is 9.79 Å². The Morgan fingerprint density at radius 3 is 2.19 bits per heavy atom. The Labute approximate surface area is 252 Å². The standard InChI is InChI=1S/C34H37FN2O5S/c1-33(2)25-17-18-34(33)21-43(39,40)37(28(34)20-25)32(38)26(19-24-15-16-27(41-3)31(42-4)29(24)35)36-30(22-11-7-5-8-12-22)23-13-9-6-10-14-23/h5-16,25-26,28H,17-21H2,1-4H3/t25-,26+,28-,34-/m1/s1. The summed E-state index contributed by atoms with van der Waals surface area (Å²) in [6.07, 6.45) is 2.22. The SMILES string of the molecule is COc1ccc(C[C@H](N=C(c2ccccc2)c2ccccc2)C(=O)N2[C@@H]3C[C@H]4CC[C@]3(CS2(=O)=O)C4(C)C)c(F)c1OC. The minimum atomic E-state index is -3.92. The number of amides is 1. The van der Waals surface area contributed by atoms with Crippen LogP contribution >= 0.6 is 0 Å². The van der Waals surface area contributed by atoms with Gasteiger partial charge in [-0.2, -0.15) is 0 Å². The molecular weight excluding hydrogens is 567 g/mol. The first kappa shape index (κ1) is 29.4. The molecule has 0 N–H and O–H groups in total. The van der Waals surface area contributed by atoms with Crippen LogP contribution in [0.4, 0.5) is 4.39 Å². The van der Waals surface area contributed by atoms with Gasteiger partial charge in [0.15, 0.2) is 17.3 Å². The first-order valence-corrected chi connectivity index (χ1v) is 16.3. The first-order valence-electron chi connectivity index (χ1n) is 14.7. The van der Waals surface area contributed by atoms with E-state index in [1.54, 1.807) is 6.07 Å². The summed E-state index contributed by atoms with van der Waals surface area (Å²) in [5.41, 5.74) is 1.55. The van der Waals surface area contributed by atoms with Crippen molar-refractivity contribution in [2.75, 3.05) is 20.0 Å². The molecule has 3 aromatic carbocycles. The fourth-order valence-electron chi connectivity index (χ4n) is 7.87. The molecule has 0 radical (unpaired) electrons. The second-order valence-electron chi connectivity index (χ2n) is 12.5. The van der Waals surface area contributed by atoms with Gasteiger partial charge < -0.3 is 9.47 Å². The fourth-order valence-corrected chi connectivity index (χ4v) is 10.4. The van der Waals surface area contributed by atoms with Gasteiger partial charge in [0.05, 0.1) is 31.7 Å². The summed E-state index contributed by atoms with van der Waals surface area (Å²) in [7, 11) is -1.15. The van der Waals surface area contributed by atoms with Crippen molar-refractivity contribution in [3.8, 4) is 11.5 Å². The number of benzene rings is 3. The van der Waals surface area contributed by atoms with Crippen molar-refractivity contribution in [1.29, 1.82) is 0 Å². The largest absolute Gasteiger partial charge is 0.493 e. The van der Waals surface area contributed by atoms with Gasteiger partial charge in [-0.15, -0.1) is 0 Å². The lowest BCUT2D eigenvalue weighted by Gasteiger charge is -2.37. The van der Waals surface area contributed by atoms with Crippen LogP contribution < -0.4 is 9.47 Å². The van der Waals surface area contributed by atoms with Crippen LogP contribution in [0, 0.1) is 22.6 Å². The van der Waals surface area contributed by atoms with Crippen molar-refractivity contribution >= 4 is 21.6 Å². The quantitative estimate of drug-likeness (QED) is 0.310. The Balaban J connectivity index is 1.49. The van der Waals surface area contributed by atoms with E-state index in [0.29, 0.717) is 18.1 Å². The molecule has 4 atom stereocenters. The van der Waals surface area contributed by atoms with Crippen molar-refractivity contribution in [3.05, 3.63) is 95.3 Å². The summed E-state index contributed by atoms with van der Waals surface area (Å²) in [6, 6.07) is 20.4. The van der Waals surface area contributed by atoms with Gasteiger partial charge in [-0.1, -0.05) is 80.6 Å². The van der Waals surface area contributed by atoms with E-state index < -0.39 is 39.2 Å². The number of carbonyl (C=O) groups excluding carboxylic acids is 1. The van der Waals surface area contributed by atoms with Gasteiger partial charge in [-0.25, -0.2) is 17.1 Å². The Morgan fingerprint density at radius 1 is 1.00 bits per heavy atom. The third kappa shape index (κ3) is 4.63. The minimum Gasteiger partial charge on any atom is -0.493 e. The molecule has 7 nitrogen and oxygen atoms in total. The molecule has 0 unspecified atom stereocenters. The lowest BCUT2D eigenvalue weighted by molar-refractivity contribution is -0.130. The number of aliphatic imine (C=N–C) groups is 1. The molecule has 0 aromatic heterocycles. The Kier molecular flexibility index (Phi) is 7.35. The Hall–Kier alpha value is -3.72. The van der Waals surface area contributed by atoms with E-state index in [1.807, 2.05) is 60.7 Å². The van der Waals surface area contributed by atoms with Crippen molar-refractivity contribution in [2.24, 2.45) is 21.7 Å². The van der Waals surface area contributed by atoms with Crippen LogP contribution in [0.15, 0.2) is 77.8 Å². The zero-order valence-electron chi connectivity index (χ0n) is 24.9. The molecule has 1 aliphatic heterocycles. The van der Waals surface area contributed by atoms with Crippen LogP contribution in [-0.4, -0.2) is 56.4 Å². The van der Waals surface area contributed by atoms with Crippen LogP contribution in [0.2, 0.25) is 0 Å². The maximum absolute atomic E-state index is 15.8. The zero-order chi connectivity index (χ0) is 30.6. The number of halogens is 1. The highest BCUT2D eigenvalue weighted by molar-refractivity contribution is 7.90. The molecule has 3 fully saturated rings. The highest BCUT2D eigenvalue weighted by atomic mass is 32.2. The molecule has 1 amide bonds. The second kappa shape index (κ2) is 10.8. The average Bonchev–Trinajstić information content (AvgIpc) is 3.48. The molecule has 1 saturated heterocycles. The summed E-state index contributed by atoms with van der Waals surface area (Å²) < 4.78 is 55.2. The Bertz CT molecular complexity index is 1630. The minimum absolute atomic E-state index is 0.0503. The molecule has 3 aliphatic rings. The lowest BCUT2D eigenvalue weighted by Crippen LogP contribution is -2.48. The third-order valence-electron chi connectivity index (χ3n) is 10.3. The van der Waals surface area contributed by atoms with Crippen molar-refractivity contribution in [2.45, 2.75) is 51.6 Å². The first-order chi connectivity index (χ1) is 20.5. The maximum atomic E-state index is 15.8. The van der Waals surface area contributed by atoms with E-state index in [0.717, 1.165) is 28.3 Å². The molecule has 1 heterocycles. The molecule has 1 spiro atoms. The number of methoxy groups -OCH3 is 2. The molecule has 2 bridgehead atoms. The number of sulfonamides is 1. The van der Waals surface area contributed by atoms with E-state index in [9.17, 15) is 13.2 Å². The zero-order valence-corrected chi connectivity index (χ0v) is 25.7.